The fraction of sp³-hybridized carbons (Fsp3) is 0.333. The van der Waals surface area contributed by atoms with Gasteiger partial charge in [-0.15, -0.1) is 11.3 Å². The summed E-state index contributed by atoms with van der Waals surface area (Å²) in [6.07, 6.45) is 2.11. The Labute approximate surface area is 90.9 Å². The van der Waals surface area contributed by atoms with Crippen molar-refractivity contribution in [3.63, 3.8) is 0 Å². The summed E-state index contributed by atoms with van der Waals surface area (Å²) in [5.74, 6) is 5.46. The average molecular weight is 261 g/mol. The van der Waals surface area contributed by atoms with E-state index in [-0.39, 0.29) is 6.04 Å². The van der Waals surface area contributed by atoms with Gasteiger partial charge in [-0.25, -0.2) is 5.43 Å². The van der Waals surface area contributed by atoms with E-state index >= 15 is 0 Å². The molecule has 1 aromatic heterocycles. The van der Waals surface area contributed by atoms with Crippen LogP contribution in [0.1, 0.15) is 24.8 Å². The predicted molar refractivity (Wildman–Crippen MR) is 61.5 cm³/mol. The molecule has 0 radical (unpaired) electrons. The number of allylic oxidation sites excluding steroid dienone is 1. The van der Waals surface area contributed by atoms with Crippen molar-refractivity contribution in [2.75, 3.05) is 0 Å². The topological polar surface area (TPSA) is 38.0 Å². The molecule has 0 aliphatic heterocycles. The maximum absolute atomic E-state index is 5.46. The minimum atomic E-state index is 0.126. The van der Waals surface area contributed by atoms with E-state index in [1.165, 1.54) is 10.5 Å². The lowest BCUT2D eigenvalue weighted by Gasteiger charge is -2.09. The summed E-state index contributed by atoms with van der Waals surface area (Å²) >= 11 is 5.11. The van der Waals surface area contributed by atoms with Crippen molar-refractivity contribution in [2.45, 2.75) is 19.9 Å². The average Bonchev–Trinajstić information content (AvgIpc) is 2.47. The molecule has 0 amide bonds. The second kappa shape index (κ2) is 4.91. The molecule has 0 aliphatic rings. The van der Waals surface area contributed by atoms with Crippen molar-refractivity contribution in [1.82, 2.24) is 5.43 Å². The van der Waals surface area contributed by atoms with Gasteiger partial charge in [-0.05, 0) is 35.8 Å². The van der Waals surface area contributed by atoms with E-state index in [9.17, 15) is 0 Å². The highest BCUT2D eigenvalue weighted by Gasteiger charge is 2.08. The zero-order chi connectivity index (χ0) is 9.84. The molecule has 1 heterocycles. The van der Waals surface area contributed by atoms with Crippen LogP contribution in [-0.4, -0.2) is 0 Å². The lowest BCUT2D eigenvalue weighted by molar-refractivity contribution is 0.661. The fourth-order valence-electron chi connectivity index (χ4n) is 1.04. The van der Waals surface area contributed by atoms with Crippen molar-refractivity contribution in [1.29, 1.82) is 0 Å². The van der Waals surface area contributed by atoms with Crippen LogP contribution in [0.2, 0.25) is 0 Å². The number of hydrogen-bond donors (Lipinski definition) is 2. The van der Waals surface area contributed by atoms with Gasteiger partial charge >= 0.3 is 0 Å². The van der Waals surface area contributed by atoms with Crippen LogP contribution in [0.3, 0.4) is 0 Å². The van der Waals surface area contributed by atoms with Crippen molar-refractivity contribution < 1.29 is 0 Å². The molecule has 3 N–H and O–H groups in total. The van der Waals surface area contributed by atoms with Gasteiger partial charge in [-0.1, -0.05) is 11.6 Å². The Kier molecular flexibility index (Phi) is 4.12. The minimum absolute atomic E-state index is 0.126. The van der Waals surface area contributed by atoms with Crippen molar-refractivity contribution in [3.05, 3.63) is 32.4 Å². The van der Waals surface area contributed by atoms with E-state index < -0.39 is 0 Å². The normalized spacial score (nSPS) is 12.6. The molecule has 0 fully saturated rings. The zero-order valence-electron chi connectivity index (χ0n) is 7.67. The summed E-state index contributed by atoms with van der Waals surface area (Å²) in [4.78, 5) is 1.22. The van der Waals surface area contributed by atoms with Gasteiger partial charge < -0.3 is 0 Å². The first-order valence-corrected chi connectivity index (χ1v) is 5.66. The van der Waals surface area contributed by atoms with Crippen LogP contribution in [0, 0.1) is 0 Å². The Bertz CT molecular complexity index is 302. The highest BCUT2D eigenvalue weighted by Crippen LogP contribution is 2.26. The second-order valence-corrected chi connectivity index (χ2v) is 4.91. The molecule has 1 aromatic rings. The van der Waals surface area contributed by atoms with Gasteiger partial charge in [0.05, 0.1) is 6.04 Å². The van der Waals surface area contributed by atoms with E-state index in [4.69, 9.17) is 5.84 Å². The predicted octanol–water partition coefficient (Wildman–Crippen LogP) is 2.98. The molecule has 0 spiro atoms. The summed E-state index contributed by atoms with van der Waals surface area (Å²) < 4.78 is 1.11. The van der Waals surface area contributed by atoms with E-state index in [1.807, 2.05) is 0 Å². The van der Waals surface area contributed by atoms with Gasteiger partial charge in [0.1, 0.15) is 0 Å². The SMILES string of the molecule is CC(C)=CC(NN)c1cc(Br)cs1. The van der Waals surface area contributed by atoms with E-state index in [2.05, 4.69) is 52.7 Å². The number of nitrogens with one attached hydrogen (secondary N) is 1. The Balaban J connectivity index is 2.84. The number of hydrogen-bond acceptors (Lipinski definition) is 3. The summed E-state index contributed by atoms with van der Waals surface area (Å²) in [5.41, 5.74) is 4.03. The molecular weight excluding hydrogens is 248 g/mol. The molecule has 72 valence electrons. The quantitative estimate of drug-likeness (QED) is 0.498. The van der Waals surface area contributed by atoms with Crippen LogP contribution in [0.5, 0.6) is 0 Å². The van der Waals surface area contributed by atoms with Crippen LogP contribution >= 0.6 is 27.3 Å². The Morgan fingerprint density at radius 1 is 1.69 bits per heavy atom. The number of nitrogens with two attached hydrogens (primary N) is 1. The third-order valence-electron chi connectivity index (χ3n) is 1.57. The van der Waals surface area contributed by atoms with E-state index in [0.717, 1.165) is 4.47 Å². The molecule has 1 unspecified atom stereocenters. The zero-order valence-corrected chi connectivity index (χ0v) is 10.1. The smallest absolute Gasteiger partial charge is 0.0736 e. The van der Waals surface area contributed by atoms with E-state index in [0.29, 0.717) is 0 Å². The van der Waals surface area contributed by atoms with Crippen LogP contribution in [-0.2, 0) is 0 Å². The van der Waals surface area contributed by atoms with Gasteiger partial charge in [-0.3, -0.25) is 5.84 Å². The third-order valence-corrected chi connectivity index (χ3v) is 3.35. The fourth-order valence-corrected chi connectivity index (χ4v) is 2.51. The standard InChI is InChI=1S/C9H13BrN2S/c1-6(2)3-8(12-11)9-4-7(10)5-13-9/h3-5,8,12H,11H2,1-2H3. The lowest BCUT2D eigenvalue weighted by atomic mass is 10.2. The van der Waals surface area contributed by atoms with Gasteiger partial charge in [0.25, 0.3) is 0 Å². The first-order valence-electron chi connectivity index (χ1n) is 3.98. The van der Waals surface area contributed by atoms with Crippen LogP contribution in [0.25, 0.3) is 0 Å². The first kappa shape index (κ1) is 10.9. The maximum atomic E-state index is 5.46. The number of rotatable bonds is 3. The van der Waals surface area contributed by atoms with E-state index in [1.54, 1.807) is 11.3 Å². The lowest BCUT2D eigenvalue weighted by Crippen LogP contribution is -2.26. The number of hydrazine groups is 1. The van der Waals surface area contributed by atoms with Crippen LogP contribution in [0.4, 0.5) is 0 Å². The second-order valence-electron chi connectivity index (χ2n) is 3.06. The van der Waals surface area contributed by atoms with Crippen molar-refractivity contribution >= 4 is 27.3 Å². The monoisotopic (exact) mass is 260 g/mol. The van der Waals surface area contributed by atoms with Crippen molar-refractivity contribution in [3.8, 4) is 0 Å². The summed E-state index contributed by atoms with van der Waals surface area (Å²) in [7, 11) is 0. The van der Waals surface area contributed by atoms with Gasteiger partial charge in [0.15, 0.2) is 0 Å². The molecular formula is C9H13BrN2S. The molecule has 1 rings (SSSR count). The minimum Gasteiger partial charge on any atom is -0.271 e. The highest BCUT2D eigenvalue weighted by molar-refractivity contribution is 9.10. The Morgan fingerprint density at radius 2 is 2.38 bits per heavy atom. The number of thiophene rings is 1. The first-order chi connectivity index (χ1) is 6.13. The third kappa shape index (κ3) is 3.23. The Hall–Kier alpha value is -0.160. The molecule has 2 nitrogen and oxygen atoms in total. The molecule has 0 bridgehead atoms. The maximum Gasteiger partial charge on any atom is 0.0736 e. The summed E-state index contributed by atoms with van der Waals surface area (Å²) in [6.45, 7) is 4.12. The highest BCUT2D eigenvalue weighted by atomic mass is 79.9. The Morgan fingerprint density at radius 3 is 2.77 bits per heavy atom. The van der Waals surface area contributed by atoms with Crippen LogP contribution in [0.15, 0.2) is 27.6 Å². The molecule has 4 heteroatoms. The molecule has 0 saturated heterocycles. The van der Waals surface area contributed by atoms with Crippen molar-refractivity contribution in [2.24, 2.45) is 5.84 Å². The van der Waals surface area contributed by atoms with Gasteiger partial charge in [0.2, 0.25) is 0 Å². The largest absolute Gasteiger partial charge is 0.271 e. The number of halogens is 1. The summed E-state index contributed by atoms with van der Waals surface area (Å²) in [6, 6.07) is 2.20. The van der Waals surface area contributed by atoms with Gasteiger partial charge in [-0.2, -0.15) is 0 Å². The van der Waals surface area contributed by atoms with Gasteiger partial charge in [0, 0.05) is 14.7 Å². The molecule has 0 saturated carbocycles. The van der Waals surface area contributed by atoms with Crippen LogP contribution < -0.4 is 11.3 Å². The summed E-state index contributed by atoms with van der Waals surface area (Å²) in [5, 5.41) is 2.05. The molecule has 13 heavy (non-hydrogen) atoms. The molecule has 1 atom stereocenters. The molecule has 0 aromatic carbocycles. The molecule has 0 aliphatic carbocycles.